The maximum absolute atomic E-state index is 6.20. The second-order valence-corrected chi connectivity index (χ2v) is 5.40. The van der Waals surface area contributed by atoms with Crippen LogP contribution >= 0.6 is 23.2 Å². The summed E-state index contributed by atoms with van der Waals surface area (Å²) in [5, 5.41) is 4.82. The molecule has 1 aromatic carbocycles. The zero-order valence-electron chi connectivity index (χ0n) is 10.0. The molecule has 1 heterocycles. The molecule has 1 aliphatic heterocycles. The molecular weight excluding hydrogens is 255 g/mol. The molecule has 1 N–H and O–H groups in total. The molecule has 2 nitrogen and oxygen atoms in total. The predicted molar refractivity (Wildman–Crippen MR) is 73.8 cm³/mol. The molecule has 2 rings (SSSR count). The molecule has 17 heavy (non-hydrogen) atoms. The van der Waals surface area contributed by atoms with Crippen LogP contribution in [-0.2, 0) is 6.54 Å². The van der Waals surface area contributed by atoms with Crippen LogP contribution in [0, 0.1) is 0 Å². The third kappa shape index (κ3) is 3.35. The van der Waals surface area contributed by atoms with Crippen molar-refractivity contribution in [1.82, 2.24) is 10.2 Å². The fourth-order valence-electron chi connectivity index (χ4n) is 2.45. The van der Waals surface area contributed by atoms with E-state index < -0.39 is 0 Å². The van der Waals surface area contributed by atoms with E-state index >= 15 is 0 Å². The lowest BCUT2D eigenvalue weighted by Crippen LogP contribution is -2.36. The zero-order valence-corrected chi connectivity index (χ0v) is 11.6. The van der Waals surface area contributed by atoms with Crippen LogP contribution in [0.1, 0.15) is 18.4 Å². The van der Waals surface area contributed by atoms with Crippen molar-refractivity contribution < 1.29 is 0 Å². The fraction of sp³-hybridized carbons (Fsp3) is 0.538. The molecule has 94 valence electrons. The van der Waals surface area contributed by atoms with Crippen LogP contribution in [0.15, 0.2) is 18.2 Å². The van der Waals surface area contributed by atoms with E-state index in [4.69, 9.17) is 23.2 Å². The summed E-state index contributed by atoms with van der Waals surface area (Å²) < 4.78 is 0. The molecule has 0 amide bonds. The summed E-state index contributed by atoms with van der Waals surface area (Å²) in [6.45, 7) is 3.08. The van der Waals surface area contributed by atoms with Crippen molar-refractivity contribution in [3.63, 3.8) is 0 Å². The normalized spacial score (nSPS) is 21.0. The van der Waals surface area contributed by atoms with Crippen molar-refractivity contribution in [2.24, 2.45) is 0 Å². The minimum absolute atomic E-state index is 0.620. The SMILES string of the molecule is CNCC1CCCN1Cc1cc(Cl)ccc1Cl. The first-order valence-corrected chi connectivity index (χ1v) is 6.79. The van der Waals surface area contributed by atoms with Crippen molar-refractivity contribution in [3.05, 3.63) is 33.8 Å². The molecular formula is C13H18Cl2N2. The number of likely N-dealkylation sites (N-methyl/N-ethyl adjacent to an activating group) is 1. The summed E-state index contributed by atoms with van der Waals surface area (Å²) >= 11 is 12.2. The van der Waals surface area contributed by atoms with Gasteiger partial charge in [0.05, 0.1) is 0 Å². The van der Waals surface area contributed by atoms with Crippen LogP contribution in [0.3, 0.4) is 0 Å². The van der Waals surface area contributed by atoms with Crippen molar-refractivity contribution in [3.8, 4) is 0 Å². The third-order valence-corrected chi connectivity index (χ3v) is 3.92. The first-order chi connectivity index (χ1) is 8.20. The summed E-state index contributed by atoms with van der Waals surface area (Å²) in [4.78, 5) is 2.48. The van der Waals surface area contributed by atoms with E-state index in [0.29, 0.717) is 6.04 Å². The second-order valence-electron chi connectivity index (χ2n) is 4.56. The molecule has 1 saturated heterocycles. The Labute approximate surface area is 113 Å². The highest BCUT2D eigenvalue weighted by molar-refractivity contribution is 6.33. The highest BCUT2D eigenvalue weighted by atomic mass is 35.5. The Hall–Kier alpha value is -0.280. The molecule has 0 aliphatic carbocycles. The number of likely N-dealkylation sites (tertiary alicyclic amines) is 1. The molecule has 0 bridgehead atoms. The average molecular weight is 273 g/mol. The Bertz CT molecular complexity index is 382. The van der Waals surface area contributed by atoms with E-state index in [1.165, 1.54) is 12.8 Å². The van der Waals surface area contributed by atoms with Crippen molar-refractivity contribution in [1.29, 1.82) is 0 Å². The van der Waals surface area contributed by atoms with Crippen LogP contribution in [0.2, 0.25) is 10.0 Å². The predicted octanol–water partition coefficient (Wildman–Crippen LogP) is 3.18. The van der Waals surface area contributed by atoms with Crippen LogP contribution in [0.25, 0.3) is 0 Å². The average Bonchev–Trinajstić information content (AvgIpc) is 2.72. The minimum Gasteiger partial charge on any atom is -0.318 e. The molecule has 1 unspecified atom stereocenters. The van der Waals surface area contributed by atoms with Gasteiger partial charge in [0.2, 0.25) is 0 Å². The molecule has 0 saturated carbocycles. The molecule has 0 radical (unpaired) electrons. The van der Waals surface area contributed by atoms with Gasteiger partial charge in [0, 0.05) is 29.2 Å². The molecule has 0 aromatic heterocycles. The van der Waals surface area contributed by atoms with Gasteiger partial charge in [0.1, 0.15) is 0 Å². The van der Waals surface area contributed by atoms with E-state index in [1.807, 2.05) is 25.2 Å². The summed E-state index contributed by atoms with van der Waals surface area (Å²) in [7, 11) is 2.00. The lowest BCUT2D eigenvalue weighted by atomic mass is 10.2. The highest BCUT2D eigenvalue weighted by Gasteiger charge is 2.24. The van der Waals surface area contributed by atoms with E-state index in [0.717, 1.165) is 35.2 Å². The van der Waals surface area contributed by atoms with Crippen LogP contribution in [0.5, 0.6) is 0 Å². The van der Waals surface area contributed by atoms with Crippen LogP contribution < -0.4 is 5.32 Å². The van der Waals surface area contributed by atoms with E-state index in [-0.39, 0.29) is 0 Å². The minimum atomic E-state index is 0.620. The van der Waals surface area contributed by atoms with Gasteiger partial charge in [-0.2, -0.15) is 0 Å². The van der Waals surface area contributed by atoms with Crippen molar-refractivity contribution >= 4 is 23.2 Å². The number of benzene rings is 1. The number of nitrogens with one attached hydrogen (secondary N) is 1. The van der Waals surface area contributed by atoms with Crippen molar-refractivity contribution in [2.45, 2.75) is 25.4 Å². The quantitative estimate of drug-likeness (QED) is 0.906. The Morgan fingerprint density at radius 3 is 3.00 bits per heavy atom. The molecule has 1 aromatic rings. The highest BCUT2D eigenvalue weighted by Crippen LogP contribution is 2.25. The van der Waals surface area contributed by atoms with E-state index in [1.54, 1.807) is 0 Å². The molecule has 1 atom stereocenters. The van der Waals surface area contributed by atoms with Gasteiger partial charge in [0.15, 0.2) is 0 Å². The maximum Gasteiger partial charge on any atom is 0.0452 e. The van der Waals surface area contributed by atoms with Crippen LogP contribution in [0.4, 0.5) is 0 Å². The van der Waals surface area contributed by atoms with Gasteiger partial charge in [-0.05, 0) is 50.2 Å². The first kappa shape index (κ1) is 13.2. The lowest BCUT2D eigenvalue weighted by molar-refractivity contribution is 0.242. The van der Waals surface area contributed by atoms with Gasteiger partial charge in [-0.15, -0.1) is 0 Å². The Morgan fingerprint density at radius 2 is 2.24 bits per heavy atom. The fourth-order valence-corrected chi connectivity index (χ4v) is 2.83. The zero-order chi connectivity index (χ0) is 12.3. The monoisotopic (exact) mass is 272 g/mol. The van der Waals surface area contributed by atoms with Crippen LogP contribution in [-0.4, -0.2) is 31.1 Å². The standard InChI is InChI=1S/C13H18Cl2N2/c1-16-8-12-3-2-6-17(12)9-10-7-11(14)4-5-13(10)15/h4-5,7,12,16H,2-3,6,8-9H2,1H3. The number of halogens is 2. The van der Waals surface area contributed by atoms with Gasteiger partial charge < -0.3 is 5.32 Å². The van der Waals surface area contributed by atoms with Gasteiger partial charge in [-0.1, -0.05) is 23.2 Å². The van der Waals surface area contributed by atoms with Gasteiger partial charge >= 0.3 is 0 Å². The summed E-state index contributed by atoms with van der Waals surface area (Å²) in [6.07, 6.45) is 2.53. The second kappa shape index (κ2) is 6.05. The molecule has 1 aliphatic rings. The summed E-state index contributed by atoms with van der Waals surface area (Å²) in [6, 6.07) is 6.30. The Balaban J connectivity index is 2.06. The largest absolute Gasteiger partial charge is 0.318 e. The molecule has 0 spiro atoms. The summed E-state index contributed by atoms with van der Waals surface area (Å²) in [5.41, 5.74) is 1.13. The van der Waals surface area contributed by atoms with Crippen molar-refractivity contribution in [2.75, 3.05) is 20.1 Å². The van der Waals surface area contributed by atoms with E-state index in [2.05, 4.69) is 10.2 Å². The number of hydrogen-bond acceptors (Lipinski definition) is 2. The first-order valence-electron chi connectivity index (χ1n) is 6.03. The van der Waals surface area contributed by atoms with Gasteiger partial charge in [0.25, 0.3) is 0 Å². The summed E-state index contributed by atoms with van der Waals surface area (Å²) in [5.74, 6) is 0. The topological polar surface area (TPSA) is 15.3 Å². The molecule has 4 heteroatoms. The van der Waals surface area contributed by atoms with Gasteiger partial charge in [-0.3, -0.25) is 4.90 Å². The lowest BCUT2D eigenvalue weighted by Gasteiger charge is -2.24. The molecule has 1 fully saturated rings. The smallest absolute Gasteiger partial charge is 0.0452 e. The Kier molecular flexibility index (Phi) is 4.69. The maximum atomic E-state index is 6.20. The number of rotatable bonds is 4. The number of nitrogens with zero attached hydrogens (tertiary/aromatic N) is 1. The third-order valence-electron chi connectivity index (χ3n) is 3.32. The van der Waals surface area contributed by atoms with E-state index in [9.17, 15) is 0 Å². The Morgan fingerprint density at radius 1 is 1.41 bits per heavy atom. The number of hydrogen-bond donors (Lipinski definition) is 1. The van der Waals surface area contributed by atoms with Gasteiger partial charge in [-0.25, -0.2) is 0 Å².